The van der Waals surface area contributed by atoms with Crippen LogP contribution in [0.4, 0.5) is 0 Å². The molecule has 0 aromatic heterocycles. The maximum absolute atomic E-state index is 9.43. The van der Waals surface area contributed by atoms with E-state index in [9.17, 15) is 9.59 Å². The Labute approximate surface area is 158 Å². The molecule has 24 heavy (non-hydrogen) atoms. The van der Waals surface area contributed by atoms with Gasteiger partial charge in [0.15, 0.2) is 0 Å². The Morgan fingerprint density at radius 3 is 1.62 bits per heavy atom. The van der Waals surface area contributed by atoms with E-state index in [4.69, 9.17) is 10.2 Å². The average molecular weight is 336 g/mol. The van der Waals surface area contributed by atoms with E-state index in [1.54, 1.807) is 0 Å². The number of unbranched alkanes of at least 4 members (excludes halogenated alkanes) is 5. The van der Waals surface area contributed by atoms with Gasteiger partial charge in [0.05, 0.1) is 0 Å². The molecule has 0 aliphatic rings. The van der Waals surface area contributed by atoms with Gasteiger partial charge < -0.3 is 10.2 Å². The molecule has 5 heteroatoms. The van der Waals surface area contributed by atoms with Crippen molar-refractivity contribution in [1.29, 1.82) is 0 Å². The van der Waals surface area contributed by atoms with Crippen LogP contribution < -0.4 is 0 Å². The number of rotatable bonds is 14. The van der Waals surface area contributed by atoms with E-state index < -0.39 is 18.4 Å². The normalized spacial score (nSPS) is 12.9. The molecule has 0 fully saturated rings. The van der Waals surface area contributed by atoms with Crippen molar-refractivity contribution in [3.8, 4) is 0 Å². The molecule has 0 saturated heterocycles. The predicted molar refractivity (Wildman–Crippen MR) is 101 cm³/mol. The molecule has 0 amide bonds. The fourth-order valence-electron chi connectivity index (χ4n) is 3.17. The number of hydrogen-bond acceptors (Lipinski definition) is 2. The summed E-state index contributed by atoms with van der Waals surface area (Å²) in [5.74, 6) is -0.609. The molecule has 2 N–H and O–H groups in total. The van der Waals surface area contributed by atoms with Crippen molar-refractivity contribution in [3.05, 3.63) is 0 Å². The summed E-state index contributed by atoms with van der Waals surface area (Å²) in [5, 5.41) is 16.8. The van der Waals surface area contributed by atoms with Crippen molar-refractivity contribution in [2.24, 2.45) is 11.8 Å². The molecule has 0 spiro atoms. The van der Waals surface area contributed by atoms with Gasteiger partial charge in [0.25, 0.3) is 0 Å². The zero-order chi connectivity index (χ0) is 18.8. The van der Waals surface area contributed by atoms with Crippen LogP contribution in [0.15, 0.2) is 0 Å². The van der Waals surface area contributed by atoms with E-state index in [-0.39, 0.29) is 0 Å². The van der Waals surface area contributed by atoms with Crippen molar-refractivity contribution in [2.45, 2.75) is 96.5 Å². The van der Waals surface area contributed by atoms with Crippen molar-refractivity contribution in [1.82, 2.24) is 0 Å². The summed E-state index contributed by atoms with van der Waals surface area (Å²) in [6, 6.07) is 0. The zero-order valence-corrected chi connectivity index (χ0v) is 16.4. The summed E-state index contributed by atoms with van der Waals surface area (Å²) < 4.78 is 0. The molecule has 0 saturated carbocycles. The number of aliphatic carboxylic acids is 2. The van der Waals surface area contributed by atoms with E-state index in [1.807, 2.05) is 0 Å². The molecule has 0 aliphatic carbocycles. The van der Waals surface area contributed by atoms with Crippen LogP contribution in [0.1, 0.15) is 91.4 Å². The zero-order valence-electron chi connectivity index (χ0n) is 16.4. The molecule has 0 aromatic carbocycles. The van der Waals surface area contributed by atoms with Gasteiger partial charge in [-0.2, -0.15) is 0 Å². The quantitative estimate of drug-likeness (QED) is 0.256. The first-order chi connectivity index (χ1) is 11.4. The van der Waals surface area contributed by atoms with Crippen molar-refractivity contribution in [2.75, 3.05) is 0 Å². The Morgan fingerprint density at radius 1 is 0.792 bits per heavy atom. The topological polar surface area (TPSA) is 74.6 Å². The van der Waals surface area contributed by atoms with Crippen molar-refractivity contribution in [3.63, 3.8) is 0 Å². The first kappa shape index (κ1) is 25.8. The van der Waals surface area contributed by atoms with Crippen LogP contribution >= 0.6 is 0 Å². The number of carbonyl (C=O) groups is 2. The van der Waals surface area contributed by atoms with E-state index in [1.165, 1.54) is 69.3 Å². The molecule has 138 valence electrons. The van der Waals surface area contributed by atoms with E-state index in [0.29, 0.717) is 0 Å². The van der Waals surface area contributed by atoms with Gasteiger partial charge in [-0.25, -0.2) is 0 Å². The van der Waals surface area contributed by atoms with Gasteiger partial charge in [0, 0.05) is 0 Å². The molecule has 0 aliphatic heterocycles. The molecule has 0 bridgehead atoms. The Balaban J connectivity index is 0. The molecular formula is C19H37LiO4. The minimum absolute atomic E-state index is 0.806. The van der Waals surface area contributed by atoms with Crippen molar-refractivity contribution >= 4 is 29.7 Å². The second kappa shape index (κ2) is 18.9. The molecule has 4 nitrogen and oxygen atoms in total. The van der Waals surface area contributed by atoms with Gasteiger partial charge in [-0.3, -0.25) is 9.59 Å². The first-order valence-corrected chi connectivity index (χ1v) is 9.86. The Kier molecular flexibility index (Phi) is 20.3. The van der Waals surface area contributed by atoms with E-state index in [0.717, 1.165) is 11.8 Å². The summed E-state index contributed by atoms with van der Waals surface area (Å²) in [6.45, 7) is 7.01. The number of carboxylic acids is 2. The maximum atomic E-state index is 9.43. The fraction of sp³-hybridized carbons (Fsp3) is 0.895. The Morgan fingerprint density at radius 2 is 1.25 bits per heavy atom. The Bertz CT molecular complexity index is 296. The molecule has 2 atom stereocenters. The van der Waals surface area contributed by atoms with E-state index >= 15 is 0 Å². The van der Waals surface area contributed by atoms with Gasteiger partial charge in [-0.1, -0.05) is 0 Å². The molecule has 0 aromatic rings. The second-order valence-corrected chi connectivity index (χ2v) is 6.65. The minimum atomic E-state index is -1.31. The van der Waals surface area contributed by atoms with Crippen LogP contribution in [0.5, 0.6) is 0 Å². The van der Waals surface area contributed by atoms with Gasteiger partial charge in [0.1, 0.15) is 6.42 Å². The summed E-state index contributed by atoms with van der Waals surface area (Å²) in [4.78, 5) is 18.9. The van der Waals surface area contributed by atoms with Crippen molar-refractivity contribution < 1.29 is 19.8 Å². The number of carboxylic acid groups (broad SMARTS) is 2. The van der Waals surface area contributed by atoms with Crippen LogP contribution in [-0.4, -0.2) is 39.9 Å². The summed E-state index contributed by atoms with van der Waals surface area (Å²) in [5.41, 5.74) is 0. The fourth-order valence-corrected chi connectivity index (χ4v) is 3.17. The van der Waals surface area contributed by atoms with Crippen LogP contribution in [0.3, 0.4) is 0 Å². The third kappa shape index (κ3) is 17.9. The standard InChI is InChI=1S/C16H33.C3H4O4.Li/c1-5-8-10-12-13-15(4)16(7-3)14-11-9-6-2;4-2(5)1-3(6)7;/h15-16H,4-14H2,1-3H3;1H2,(H,4,5)(H,6,7);. The van der Waals surface area contributed by atoms with Crippen LogP contribution in [-0.2, 0) is 9.59 Å². The third-order valence-corrected chi connectivity index (χ3v) is 4.62. The van der Waals surface area contributed by atoms with Gasteiger partial charge in [-0.05, 0) is 0 Å². The van der Waals surface area contributed by atoms with Crippen LogP contribution in [0, 0.1) is 11.8 Å². The first-order valence-electron chi connectivity index (χ1n) is 9.86. The molecular weight excluding hydrogens is 299 g/mol. The third-order valence-electron chi connectivity index (χ3n) is 4.62. The molecule has 0 heterocycles. The molecule has 0 rings (SSSR count). The monoisotopic (exact) mass is 336 g/mol. The summed E-state index contributed by atoms with van der Waals surface area (Å²) in [6.07, 6.45) is 13.5. The second-order valence-electron chi connectivity index (χ2n) is 6.65. The van der Waals surface area contributed by atoms with Crippen LogP contribution in [0.2, 0.25) is 5.09 Å². The van der Waals surface area contributed by atoms with E-state index in [2.05, 4.69) is 38.5 Å². The van der Waals surface area contributed by atoms with Gasteiger partial charge in [0.2, 0.25) is 0 Å². The summed E-state index contributed by atoms with van der Waals surface area (Å²) in [7, 11) is 0. The van der Waals surface area contributed by atoms with Gasteiger partial charge >= 0.3 is 132 Å². The molecule has 0 radical (unpaired) electrons. The molecule has 2 unspecified atom stereocenters. The van der Waals surface area contributed by atoms with Gasteiger partial charge in [-0.15, -0.1) is 0 Å². The summed E-state index contributed by atoms with van der Waals surface area (Å²) >= 11 is 2.40. The average Bonchev–Trinajstić information content (AvgIpc) is 2.52. The number of hydrogen-bond donors (Lipinski definition) is 2. The predicted octanol–water partition coefficient (Wildman–Crippen LogP) is 5.31. The van der Waals surface area contributed by atoms with Crippen LogP contribution in [0.25, 0.3) is 0 Å². The Hall–Kier alpha value is -0.463. The SMILES string of the molecule is O=C(O)CC(=O)O.[Li][CH2]C(CCCCCC)C(CC)CCCCC.